The first-order valence-electron chi connectivity index (χ1n) is 9.41. The van der Waals surface area contributed by atoms with Gasteiger partial charge in [0.05, 0.1) is 10.5 Å². The molecule has 0 spiro atoms. The van der Waals surface area contributed by atoms with Gasteiger partial charge >= 0.3 is 5.97 Å². The second kappa shape index (κ2) is 10.3. The number of nitrogens with zero attached hydrogens (tertiary/aromatic N) is 1. The normalized spacial score (nSPS) is 10.9. The van der Waals surface area contributed by atoms with Crippen LogP contribution in [-0.2, 0) is 4.79 Å². The predicted molar refractivity (Wildman–Crippen MR) is 125 cm³/mol. The second-order valence-electron chi connectivity index (χ2n) is 6.71. The maximum absolute atomic E-state index is 12.9. The molecule has 0 aliphatic rings. The van der Waals surface area contributed by atoms with Crippen LogP contribution in [0.4, 0.5) is 11.4 Å². The Morgan fingerprint density at radius 2 is 1.61 bits per heavy atom. The third kappa shape index (κ3) is 6.34. The third-order valence-corrected chi connectivity index (χ3v) is 4.91. The topological polar surface area (TPSA) is 139 Å². The fourth-order valence-corrected chi connectivity index (χ4v) is 3.01. The summed E-state index contributed by atoms with van der Waals surface area (Å²) in [5, 5.41) is 25.1. The van der Waals surface area contributed by atoms with Gasteiger partial charge in [0.1, 0.15) is 5.70 Å². The summed E-state index contributed by atoms with van der Waals surface area (Å²) in [6.45, 7) is 0. The van der Waals surface area contributed by atoms with Crippen molar-refractivity contribution >= 4 is 51.2 Å². The van der Waals surface area contributed by atoms with Crippen molar-refractivity contribution in [1.29, 1.82) is 0 Å². The van der Waals surface area contributed by atoms with Crippen LogP contribution in [0.25, 0.3) is 6.08 Å². The van der Waals surface area contributed by atoms with Crippen LogP contribution in [0.1, 0.15) is 26.3 Å². The molecule has 3 rings (SSSR count). The number of nitro groups is 1. The van der Waals surface area contributed by atoms with E-state index in [1.807, 2.05) is 0 Å². The molecule has 0 fully saturated rings. The van der Waals surface area contributed by atoms with E-state index >= 15 is 0 Å². The number of anilines is 1. The number of benzene rings is 3. The lowest BCUT2D eigenvalue weighted by Gasteiger charge is -2.12. The van der Waals surface area contributed by atoms with Crippen molar-refractivity contribution in [3.05, 3.63) is 110 Å². The summed E-state index contributed by atoms with van der Waals surface area (Å²) in [5.41, 5.74) is 0.662. The molecule has 0 aliphatic heterocycles. The minimum Gasteiger partial charge on any atom is -0.478 e. The first-order valence-corrected chi connectivity index (χ1v) is 10.2. The van der Waals surface area contributed by atoms with Gasteiger partial charge in [-0.1, -0.05) is 22.0 Å². The smallest absolute Gasteiger partial charge is 0.335 e. The molecule has 10 heteroatoms. The van der Waals surface area contributed by atoms with Crippen molar-refractivity contribution in [2.75, 3.05) is 5.32 Å². The Bertz CT molecular complexity index is 1250. The standard InChI is InChI=1S/C23H16BrN3O6/c24-17-8-6-15(7-9-17)21(28)26-20(12-14-4-10-19(11-5-14)27(32)33)22(29)25-18-3-1-2-16(13-18)23(30)31/h1-13H,(H,25,29)(H,26,28)(H,30,31). The molecular formula is C23H16BrN3O6. The quantitative estimate of drug-likeness (QED) is 0.244. The van der Waals surface area contributed by atoms with E-state index in [4.69, 9.17) is 5.11 Å². The second-order valence-corrected chi connectivity index (χ2v) is 7.62. The van der Waals surface area contributed by atoms with Gasteiger partial charge < -0.3 is 15.7 Å². The minimum absolute atomic E-state index is 0.0207. The van der Waals surface area contributed by atoms with Crippen LogP contribution in [0.5, 0.6) is 0 Å². The van der Waals surface area contributed by atoms with Gasteiger partial charge in [0.2, 0.25) is 0 Å². The molecule has 3 aromatic carbocycles. The Labute approximate surface area is 196 Å². The number of halogens is 1. The fraction of sp³-hybridized carbons (Fsp3) is 0. The van der Waals surface area contributed by atoms with E-state index in [9.17, 15) is 24.5 Å². The maximum Gasteiger partial charge on any atom is 0.335 e. The molecule has 9 nitrogen and oxygen atoms in total. The summed E-state index contributed by atoms with van der Waals surface area (Å²) in [6.07, 6.45) is 1.36. The van der Waals surface area contributed by atoms with E-state index in [0.29, 0.717) is 11.1 Å². The van der Waals surface area contributed by atoms with Gasteiger partial charge in [-0.2, -0.15) is 0 Å². The molecule has 2 amide bonds. The fourth-order valence-electron chi connectivity index (χ4n) is 2.74. The zero-order chi connectivity index (χ0) is 24.0. The molecule has 0 radical (unpaired) electrons. The van der Waals surface area contributed by atoms with Gasteiger partial charge in [-0.3, -0.25) is 19.7 Å². The molecule has 0 bridgehead atoms. The molecule has 0 heterocycles. The van der Waals surface area contributed by atoms with Crippen LogP contribution < -0.4 is 10.6 Å². The average molecular weight is 510 g/mol. The summed E-state index contributed by atoms with van der Waals surface area (Å²) in [6, 6.07) is 17.5. The Kier molecular flexibility index (Phi) is 7.31. The number of hydrogen-bond acceptors (Lipinski definition) is 5. The van der Waals surface area contributed by atoms with Crippen molar-refractivity contribution in [3.8, 4) is 0 Å². The number of nitrogens with one attached hydrogen (secondary N) is 2. The Morgan fingerprint density at radius 3 is 2.21 bits per heavy atom. The molecule has 0 saturated carbocycles. The SMILES string of the molecule is O=C(Nc1cccc(C(=O)O)c1)C(=Cc1ccc([N+](=O)[O-])cc1)NC(=O)c1ccc(Br)cc1. The number of carbonyl (C=O) groups is 3. The number of carboxylic acid groups (broad SMARTS) is 1. The number of rotatable bonds is 7. The van der Waals surface area contributed by atoms with E-state index in [-0.39, 0.29) is 22.6 Å². The zero-order valence-corrected chi connectivity index (χ0v) is 18.4. The summed E-state index contributed by atoms with van der Waals surface area (Å²) < 4.78 is 0.775. The molecule has 3 aromatic rings. The molecule has 0 atom stereocenters. The molecule has 166 valence electrons. The first-order chi connectivity index (χ1) is 15.7. The van der Waals surface area contributed by atoms with E-state index in [1.165, 1.54) is 54.6 Å². The van der Waals surface area contributed by atoms with Crippen molar-refractivity contribution in [3.63, 3.8) is 0 Å². The van der Waals surface area contributed by atoms with Crippen LogP contribution in [0.2, 0.25) is 0 Å². The largest absolute Gasteiger partial charge is 0.478 e. The minimum atomic E-state index is -1.16. The number of amides is 2. The van der Waals surface area contributed by atoms with Gasteiger partial charge in [-0.25, -0.2) is 4.79 Å². The van der Waals surface area contributed by atoms with Gasteiger partial charge in [0, 0.05) is 27.9 Å². The Morgan fingerprint density at radius 1 is 0.939 bits per heavy atom. The highest BCUT2D eigenvalue weighted by Crippen LogP contribution is 2.17. The van der Waals surface area contributed by atoms with Crippen molar-refractivity contribution in [1.82, 2.24) is 5.32 Å². The lowest BCUT2D eigenvalue weighted by atomic mass is 10.1. The highest BCUT2D eigenvalue weighted by Gasteiger charge is 2.16. The van der Waals surface area contributed by atoms with Crippen molar-refractivity contribution in [2.45, 2.75) is 0 Å². The van der Waals surface area contributed by atoms with Crippen molar-refractivity contribution < 1.29 is 24.4 Å². The molecule has 0 aliphatic carbocycles. The third-order valence-electron chi connectivity index (χ3n) is 4.38. The van der Waals surface area contributed by atoms with E-state index in [2.05, 4.69) is 26.6 Å². The van der Waals surface area contributed by atoms with E-state index < -0.39 is 22.7 Å². The lowest BCUT2D eigenvalue weighted by molar-refractivity contribution is -0.384. The van der Waals surface area contributed by atoms with Crippen LogP contribution in [-0.4, -0.2) is 27.8 Å². The summed E-state index contributed by atoms with van der Waals surface area (Å²) in [7, 11) is 0. The molecule has 0 saturated heterocycles. The average Bonchev–Trinajstić information content (AvgIpc) is 2.79. The number of hydrogen-bond donors (Lipinski definition) is 3. The van der Waals surface area contributed by atoms with Gasteiger partial charge in [0.15, 0.2) is 0 Å². The van der Waals surface area contributed by atoms with Gasteiger partial charge in [0.25, 0.3) is 17.5 Å². The Balaban J connectivity index is 1.91. The number of nitro benzene ring substituents is 1. The van der Waals surface area contributed by atoms with Crippen LogP contribution in [0, 0.1) is 10.1 Å². The molecular weight excluding hydrogens is 494 g/mol. The molecule has 0 aromatic heterocycles. The van der Waals surface area contributed by atoms with Crippen LogP contribution in [0.3, 0.4) is 0 Å². The maximum atomic E-state index is 12.9. The molecule has 33 heavy (non-hydrogen) atoms. The summed E-state index contributed by atoms with van der Waals surface area (Å²) >= 11 is 3.28. The summed E-state index contributed by atoms with van der Waals surface area (Å²) in [4.78, 5) is 47.1. The predicted octanol–water partition coefficient (Wildman–Crippen LogP) is 4.47. The highest BCUT2D eigenvalue weighted by atomic mass is 79.9. The monoisotopic (exact) mass is 509 g/mol. The highest BCUT2D eigenvalue weighted by molar-refractivity contribution is 9.10. The molecule has 3 N–H and O–H groups in total. The Hall–Kier alpha value is -4.31. The number of carbonyl (C=O) groups excluding carboxylic acids is 2. The lowest BCUT2D eigenvalue weighted by Crippen LogP contribution is -2.30. The van der Waals surface area contributed by atoms with Crippen LogP contribution >= 0.6 is 15.9 Å². The number of non-ortho nitro benzene ring substituents is 1. The molecule has 0 unspecified atom stereocenters. The first kappa shape index (κ1) is 23.4. The van der Waals surface area contributed by atoms with Gasteiger partial charge in [-0.15, -0.1) is 0 Å². The number of carboxylic acids is 1. The van der Waals surface area contributed by atoms with Crippen molar-refractivity contribution in [2.24, 2.45) is 0 Å². The zero-order valence-electron chi connectivity index (χ0n) is 16.8. The van der Waals surface area contributed by atoms with Gasteiger partial charge in [-0.05, 0) is 66.2 Å². The summed E-state index contributed by atoms with van der Waals surface area (Å²) in [5.74, 6) is -2.41. The van der Waals surface area contributed by atoms with E-state index in [1.54, 1.807) is 24.3 Å². The van der Waals surface area contributed by atoms with Crippen LogP contribution in [0.15, 0.2) is 83.0 Å². The number of aromatic carboxylic acids is 1. The van der Waals surface area contributed by atoms with E-state index in [0.717, 1.165) is 4.47 Å².